The van der Waals surface area contributed by atoms with Crippen LogP contribution in [0.5, 0.6) is 0 Å². The molecule has 0 saturated carbocycles. The lowest BCUT2D eigenvalue weighted by molar-refractivity contribution is -0.122. The Labute approximate surface area is 144 Å². The van der Waals surface area contributed by atoms with Crippen LogP contribution in [0.3, 0.4) is 0 Å². The lowest BCUT2D eigenvalue weighted by Gasteiger charge is -2.55. The molecule has 0 aliphatic carbocycles. The van der Waals surface area contributed by atoms with E-state index in [9.17, 15) is 4.79 Å². The summed E-state index contributed by atoms with van der Waals surface area (Å²) in [4.78, 5) is 19.8. The van der Waals surface area contributed by atoms with E-state index < -0.39 is 0 Å². The second-order valence-electron chi connectivity index (χ2n) is 7.23. The molecule has 0 radical (unpaired) electrons. The molecule has 2 aliphatic rings. The van der Waals surface area contributed by atoms with Crippen molar-refractivity contribution in [2.45, 2.75) is 52.1 Å². The van der Waals surface area contributed by atoms with Gasteiger partial charge in [0.1, 0.15) is 0 Å². The maximum Gasteiger partial charge on any atom is 0.209 e. The predicted molar refractivity (Wildman–Crippen MR) is 99.9 cm³/mol. The van der Waals surface area contributed by atoms with Crippen LogP contribution in [0, 0.1) is 0 Å². The molecule has 1 amide bonds. The zero-order chi connectivity index (χ0) is 18.0. The van der Waals surface area contributed by atoms with E-state index in [1.165, 1.54) is 0 Å². The summed E-state index contributed by atoms with van der Waals surface area (Å²) >= 11 is 0. The van der Waals surface area contributed by atoms with E-state index in [0.29, 0.717) is 11.6 Å². The minimum absolute atomic E-state index is 0.306. The van der Waals surface area contributed by atoms with Crippen molar-refractivity contribution in [3.05, 3.63) is 0 Å². The Balaban J connectivity index is 0.000000705. The molecule has 0 aromatic carbocycles. The summed E-state index contributed by atoms with van der Waals surface area (Å²) in [6.07, 6.45) is 3.24. The monoisotopic (exact) mass is 328 g/mol. The van der Waals surface area contributed by atoms with Gasteiger partial charge in [0.15, 0.2) is 0 Å². The van der Waals surface area contributed by atoms with Crippen molar-refractivity contribution in [2.75, 3.05) is 60.9 Å². The summed E-state index contributed by atoms with van der Waals surface area (Å²) in [6, 6.07) is 0.603. The van der Waals surface area contributed by atoms with Crippen LogP contribution in [-0.2, 0) is 4.79 Å². The van der Waals surface area contributed by atoms with Crippen LogP contribution >= 0.6 is 0 Å². The molecule has 0 aromatic rings. The van der Waals surface area contributed by atoms with Crippen molar-refractivity contribution in [1.82, 2.24) is 19.6 Å². The van der Waals surface area contributed by atoms with Crippen LogP contribution in [0.25, 0.3) is 0 Å². The molecular formula is C18H40N4O. The van der Waals surface area contributed by atoms with E-state index in [1.54, 1.807) is 0 Å². The third-order valence-corrected chi connectivity index (χ3v) is 4.40. The Morgan fingerprint density at radius 1 is 1.00 bits per heavy atom. The van der Waals surface area contributed by atoms with Crippen LogP contribution < -0.4 is 0 Å². The minimum atomic E-state index is 0.306. The van der Waals surface area contributed by atoms with E-state index in [-0.39, 0.29) is 0 Å². The first kappa shape index (κ1) is 22.4. The number of piperazine rings is 1. The van der Waals surface area contributed by atoms with Gasteiger partial charge in [-0.2, -0.15) is 0 Å². The molecule has 2 saturated heterocycles. The fourth-order valence-electron chi connectivity index (χ4n) is 3.48. The molecule has 2 heterocycles. The van der Waals surface area contributed by atoms with Crippen LogP contribution in [0.2, 0.25) is 0 Å². The summed E-state index contributed by atoms with van der Waals surface area (Å²) < 4.78 is 0. The fourth-order valence-corrected chi connectivity index (χ4v) is 3.48. The van der Waals surface area contributed by atoms with Crippen molar-refractivity contribution >= 4 is 6.41 Å². The Hall–Kier alpha value is -0.650. The molecule has 23 heavy (non-hydrogen) atoms. The number of likely N-dealkylation sites (N-methyl/N-ethyl adjacent to an activating group) is 1. The van der Waals surface area contributed by atoms with Gasteiger partial charge in [0, 0.05) is 44.3 Å². The molecule has 0 unspecified atom stereocenters. The molecule has 5 nitrogen and oxygen atoms in total. The second kappa shape index (κ2) is 11.0. The average molecular weight is 329 g/mol. The Morgan fingerprint density at radius 3 is 1.87 bits per heavy atom. The van der Waals surface area contributed by atoms with Gasteiger partial charge in [0.2, 0.25) is 6.41 Å². The highest BCUT2D eigenvalue weighted by molar-refractivity contribution is 5.47. The predicted octanol–water partition coefficient (Wildman–Crippen LogP) is 1.84. The van der Waals surface area contributed by atoms with Crippen LogP contribution in [-0.4, -0.2) is 98.5 Å². The number of carbonyl (C=O) groups excluding carboxylic acids is 1. The molecule has 2 aliphatic heterocycles. The molecule has 2 rings (SSSR count). The first-order valence-electron chi connectivity index (χ1n) is 9.06. The maximum atomic E-state index is 10.8. The first-order chi connectivity index (χ1) is 10.8. The molecule has 2 fully saturated rings. The minimum Gasteiger partial charge on any atom is -0.345 e. The molecule has 5 heteroatoms. The van der Waals surface area contributed by atoms with Crippen molar-refractivity contribution in [3.63, 3.8) is 0 Å². The lowest BCUT2D eigenvalue weighted by atomic mass is 9.82. The van der Waals surface area contributed by atoms with Gasteiger partial charge in [0.05, 0.1) is 0 Å². The van der Waals surface area contributed by atoms with E-state index in [1.807, 2.05) is 44.8 Å². The summed E-state index contributed by atoms with van der Waals surface area (Å²) in [7, 11) is 8.21. The van der Waals surface area contributed by atoms with Gasteiger partial charge in [-0.1, -0.05) is 13.8 Å². The van der Waals surface area contributed by atoms with Crippen molar-refractivity contribution < 1.29 is 4.79 Å². The Bertz CT molecular complexity index is 309. The average Bonchev–Trinajstić information content (AvgIpc) is 2.49. The van der Waals surface area contributed by atoms with E-state index in [2.05, 4.69) is 30.7 Å². The van der Waals surface area contributed by atoms with Gasteiger partial charge < -0.3 is 14.7 Å². The molecule has 0 bridgehead atoms. The number of hydrogen-bond acceptors (Lipinski definition) is 4. The highest BCUT2D eigenvalue weighted by Crippen LogP contribution is 2.33. The van der Waals surface area contributed by atoms with Crippen LogP contribution in [0.4, 0.5) is 0 Å². The van der Waals surface area contributed by atoms with Gasteiger partial charge in [0.25, 0.3) is 0 Å². The van der Waals surface area contributed by atoms with Crippen molar-refractivity contribution in [1.29, 1.82) is 0 Å². The SMILES string of the molecule is CC.CC(C)N1CCN(C)CC12CCN(C=O)CC2.CN(C)C. The van der Waals surface area contributed by atoms with Crippen LogP contribution in [0.15, 0.2) is 0 Å². The Kier molecular flexibility index (Phi) is 10.7. The molecule has 1 spiro atoms. The normalized spacial score (nSPS) is 21.6. The summed E-state index contributed by atoms with van der Waals surface area (Å²) in [5.41, 5.74) is 0.306. The molecule has 0 atom stereocenters. The van der Waals surface area contributed by atoms with Gasteiger partial charge in [-0.15, -0.1) is 0 Å². The van der Waals surface area contributed by atoms with Crippen molar-refractivity contribution in [2.24, 2.45) is 0 Å². The zero-order valence-corrected chi connectivity index (χ0v) is 16.8. The number of rotatable bonds is 2. The molecule has 0 N–H and O–H groups in total. The molecular weight excluding hydrogens is 288 g/mol. The number of nitrogens with zero attached hydrogens (tertiary/aromatic N) is 4. The molecule has 0 aromatic heterocycles. The quantitative estimate of drug-likeness (QED) is 0.724. The zero-order valence-electron chi connectivity index (χ0n) is 16.8. The standard InChI is InChI=1S/C13H25N3O.C3H9N.C2H6/c1-12(2)16-9-8-14(3)10-13(16)4-6-15(11-17)7-5-13;1-4(2)3;1-2/h11-12H,4-10H2,1-3H3;1-3H3;1-2H3. The lowest BCUT2D eigenvalue weighted by Crippen LogP contribution is -2.66. The van der Waals surface area contributed by atoms with Gasteiger partial charge >= 0.3 is 0 Å². The number of hydrogen-bond donors (Lipinski definition) is 0. The maximum absolute atomic E-state index is 10.8. The number of carbonyl (C=O) groups is 1. The van der Waals surface area contributed by atoms with Crippen molar-refractivity contribution in [3.8, 4) is 0 Å². The largest absolute Gasteiger partial charge is 0.345 e. The highest BCUT2D eigenvalue weighted by atomic mass is 16.1. The van der Waals surface area contributed by atoms with Gasteiger partial charge in [-0.05, 0) is 54.9 Å². The number of amides is 1. The molecule has 138 valence electrons. The van der Waals surface area contributed by atoms with Crippen LogP contribution in [0.1, 0.15) is 40.5 Å². The highest BCUT2D eigenvalue weighted by Gasteiger charge is 2.43. The summed E-state index contributed by atoms with van der Waals surface area (Å²) in [6.45, 7) is 13.9. The summed E-state index contributed by atoms with van der Waals surface area (Å²) in [5.74, 6) is 0. The number of likely N-dealkylation sites (tertiary alicyclic amines) is 1. The van der Waals surface area contributed by atoms with E-state index in [4.69, 9.17) is 0 Å². The van der Waals surface area contributed by atoms with Gasteiger partial charge in [-0.25, -0.2) is 0 Å². The fraction of sp³-hybridized carbons (Fsp3) is 0.944. The van der Waals surface area contributed by atoms with Gasteiger partial charge in [-0.3, -0.25) is 9.69 Å². The number of piperidine rings is 1. The summed E-state index contributed by atoms with van der Waals surface area (Å²) in [5, 5.41) is 0. The Morgan fingerprint density at radius 2 is 1.48 bits per heavy atom. The third-order valence-electron chi connectivity index (χ3n) is 4.40. The topological polar surface area (TPSA) is 30.0 Å². The third kappa shape index (κ3) is 7.19. The smallest absolute Gasteiger partial charge is 0.209 e. The first-order valence-corrected chi connectivity index (χ1v) is 9.06. The van der Waals surface area contributed by atoms with E-state index >= 15 is 0 Å². The second-order valence-corrected chi connectivity index (χ2v) is 7.23. The van der Waals surface area contributed by atoms with E-state index in [0.717, 1.165) is 52.0 Å².